The van der Waals surface area contributed by atoms with E-state index in [1.165, 1.54) is 30.2 Å². The molecule has 4 amide bonds. The quantitative estimate of drug-likeness (QED) is 0.161. The standard InChI is InChI=1S/C29H46N4O8/c1-6-7-8-9-10-11-17-33(27(38)22(15-16-23(30)35)32-28(39)41-29(2,3)4)25(20-13-12-14-21(34)18-20)26(37)31-19-24(36)40-5/h12-14,18,22,25,34H,6-11,15-17,19H2,1-5H3,(H2,30,35)(H,31,37)(H,32,39). The molecule has 0 heterocycles. The van der Waals surface area contributed by atoms with Crippen LogP contribution in [0.3, 0.4) is 0 Å². The Bertz CT molecular complexity index is 1020. The minimum atomic E-state index is -1.27. The molecule has 2 atom stereocenters. The summed E-state index contributed by atoms with van der Waals surface area (Å²) < 4.78 is 9.95. The zero-order chi connectivity index (χ0) is 31.0. The first-order valence-electron chi connectivity index (χ1n) is 14.0. The van der Waals surface area contributed by atoms with Gasteiger partial charge in [-0.15, -0.1) is 0 Å². The average molecular weight is 579 g/mol. The number of phenolic OH excluding ortho intramolecular Hbond substituents is 1. The lowest BCUT2D eigenvalue weighted by Gasteiger charge is -2.34. The number of carbonyl (C=O) groups is 5. The number of carbonyl (C=O) groups excluding carboxylic acids is 5. The molecule has 41 heavy (non-hydrogen) atoms. The van der Waals surface area contributed by atoms with E-state index in [2.05, 4.69) is 22.3 Å². The highest BCUT2D eigenvalue weighted by Crippen LogP contribution is 2.27. The van der Waals surface area contributed by atoms with Gasteiger partial charge in [-0.05, 0) is 51.3 Å². The van der Waals surface area contributed by atoms with Crippen molar-refractivity contribution < 1.29 is 38.6 Å². The molecular formula is C29H46N4O8. The van der Waals surface area contributed by atoms with E-state index in [0.717, 1.165) is 32.1 Å². The van der Waals surface area contributed by atoms with Crippen molar-refractivity contribution in [3.8, 4) is 5.75 Å². The van der Waals surface area contributed by atoms with Crippen molar-refractivity contribution in [3.05, 3.63) is 29.8 Å². The number of amides is 4. The highest BCUT2D eigenvalue weighted by atomic mass is 16.6. The maximum Gasteiger partial charge on any atom is 0.408 e. The molecule has 2 unspecified atom stereocenters. The predicted molar refractivity (Wildman–Crippen MR) is 153 cm³/mol. The Morgan fingerprint density at radius 2 is 1.71 bits per heavy atom. The first-order valence-corrected chi connectivity index (χ1v) is 14.0. The van der Waals surface area contributed by atoms with Gasteiger partial charge in [-0.3, -0.25) is 19.2 Å². The number of rotatable bonds is 17. The summed E-state index contributed by atoms with van der Waals surface area (Å²) in [6.07, 6.45) is 4.24. The highest BCUT2D eigenvalue weighted by Gasteiger charge is 2.36. The monoisotopic (exact) mass is 578 g/mol. The van der Waals surface area contributed by atoms with Crippen LogP contribution < -0.4 is 16.4 Å². The van der Waals surface area contributed by atoms with Gasteiger partial charge in [0.15, 0.2) is 0 Å². The van der Waals surface area contributed by atoms with E-state index in [1.807, 2.05) is 0 Å². The molecule has 0 aliphatic rings. The number of primary amides is 1. The SMILES string of the molecule is CCCCCCCCN(C(=O)C(CCC(N)=O)NC(=O)OC(C)(C)C)C(C(=O)NCC(=O)OC)c1cccc(O)c1. The van der Waals surface area contributed by atoms with Gasteiger partial charge in [0.25, 0.3) is 0 Å². The minimum Gasteiger partial charge on any atom is -0.508 e. The number of nitrogens with zero attached hydrogens (tertiary/aromatic N) is 1. The number of unbranched alkanes of at least 4 members (excludes halogenated alkanes) is 5. The molecule has 0 fully saturated rings. The van der Waals surface area contributed by atoms with Crippen LogP contribution in [-0.4, -0.2) is 71.6 Å². The van der Waals surface area contributed by atoms with Crippen molar-refractivity contribution in [3.63, 3.8) is 0 Å². The highest BCUT2D eigenvalue weighted by molar-refractivity contribution is 5.93. The van der Waals surface area contributed by atoms with Crippen LogP contribution in [-0.2, 0) is 28.7 Å². The Kier molecular flexibility index (Phi) is 15.3. The summed E-state index contributed by atoms with van der Waals surface area (Å²) >= 11 is 0. The Morgan fingerprint density at radius 1 is 1.05 bits per heavy atom. The summed E-state index contributed by atoms with van der Waals surface area (Å²) in [5, 5.41) is 15.2. The summed E-state index contributed by atoms with van der Waals surface area (Å²) in [6.45, 7) is 6.80. The number of hydrogen-bond donors (Lipinski definition) is 4. The van der Waals surface area contributed by atoms with E-state index < -0.39 is 54.0 Å². The summed E-state index contributed by atoms with van der Waals surface area (Å²) in [5.74, 6) is -2.82. The zero-order valence-electron chi connectivity index (χ0n) is 24.9. The molecule has 0 bridgehead atoms. The van der Waals surface area contributed by atoms with Gasteiger partial charge in [-0.25, -0.2) is 4.79 Å². The molecule has 1 aromatic rings. The third kappa shape index (κ3) is 13.9. The van der Waals surface area contributed by atoms with E-state index in [0.29, 0.717) is 6.42 Å². The molecular weight excluding hydrogens is 532 g/mol. The number of aromatic hydroxyl groups is 1. The van der Waals surface area contributed by atoms with Crippen LogP contribution in [0.1, 0.15) is 90.7 Å². The third-order valence-corrected chi connectivity index (χ3v) is 6.08. The fraction of sp³-hybridized carbons (Fsp3) is 0.621. The second-order valence-electron chi connectivity index (χ2n) is 10.8. The molecule has 0 aliphatic carbocycles. The van der Waals surface area contributed by atoms with Crippen LogP contribution in [0, 0.1) is 0 Å². The van der Waals surface area contributed by atoms with Gasteiger partial charge in [0.05, 0.1) is 7.11 Å². The summed E-state index contributed by atoms with van der Waals surface area (Å²) in [6, 6.07) is 3.36. The topological polar surface area (TPSA) is 177 Å². The molecule has 12 nitrogen and oxygen atoms in total. The lowest BCUT2D eigenvalue weighted by Crippen LogP contribution is -2.53. The number of hydrogen-bond acceptors (Lipinski definition) is 8. The Hall–Kier alpha value is -3.83. The van der Waals surface area contributed by atoms with Crippen LogP contribution >= 0.6 is 0 Å². The van der Waals surface area contributed by atoms with Crippen molar-refractivity contribution in [1.29, 1.82) is 0 Å². The Balaban J connectivity index is 3.47. The molecule has 0 aromatic heterocycles. The fourth-order valence-corrected chi connectivity index (χ4v) is 4.12. The number of phenols is 1. The second kappa shape index (κ2) is 17.8. The number of benzene rings is 1. The van der Waals surface area contributed by atoms with Gasteiger partial charge in [0, 0.05) is 13.0 Å². The maximum absolute atomic E-state index is 14.1. The lowest BCUT2D eigenvalue weighted by molar-refractivity contribution is -0.145. The molecule has 12 heteroatoms. The van der Waals surface area contributed by atoms with Crippen molar-refractivity contribution in [2.45, 2.75) is 96.7 Å². The minimum absolute atomic E-state index is 0.125. The van der Waals surface area contributed by atoms with Gasteiger partial charge in [-0.1, -0.05) is 51.2 Å². The summed E-state index contributed by atoms with van der Waals surface area (Å²) in [4.78, 5) is 64.9. The Labute approximate surface area is 242 Å². The predicted octanol–water partition coefficient (Wildman–Crippen LogP) is 3.07. The number of nitrogens with one attached hydrogen (secondary N) is 2. The smallest absolute Gasteiger partial charge is 0.408 e. The van der Waals surface area contributed by atoms with Crippen molar-refractivity contribution >= 4 is 29.8 Å². The number of nitrogens with two attached hydrogens (primary N) is 1. The lowest BCUT2D eigenvalue weighted by atomic mass is 10.0. The van der Waals surface area contributed by atoms with Crippen molar-refractivity contribution in [2.24, 2.45) is 5.73 Å². The normalized spacial score (nSPS) is 12.5. The number of ether oxygens (including phenoxy) is 2. The van der Waals surface area contributed by atoms with E-state index >= 15 is 0 Å². The summed E-state index contributed by atoms with van der Waals surface area (Å²) in [5.41, 5.74) is 4.78. The second-order valence-corrected chi connectivity index (χ2v) is 10.8. The average Bonchev–Trinajstić information content (AvgIpc) is 2.89. The van der Waals surface area contributed by atoms with Crippen LogP contribution in [0.25, 0.3) is 0 Å². The largest absolute Gasteiger partial charge is 0.508 e. The molecule has 0 spiro atoms. The van der Waals surface area contributed by atoms with Crippen LogP contribution in [0.4, 0.5) is 4.79 Å². The number of alkyl carbamates (subject to hydrolysis) is 1. The number of esters is 1. The van der Waals surface area contributed by atoms with Crippen molar-refractivity contribution in [2.75, 3.05) is 20.2 Å². The van der Waals surface area contributed by atoms with Gasteiger partial charge in [0.1, 0.15) is 30.0 Å². The summed E-state index contributed by atoms with van der Waals surface area (Å²) in [7, 11) is 1.18. The molecule has 0 saturated carbocycles. The van der Waals surface area contributed by atoms with Crippen molar-refractivity contribution in [1.82, 2.24) is 15.5 Å². The van der Waals surface area contributed by atoms with E-state index in [-0.39, 0.29) is 30.7 Å². The molecule has 230 valence electrons. The Morgan fingerprint density at radius 3 is 2.29 bits per heavy atom. The van der Waals surface area contributed by atoms with E-state index in [1.54, 1.807) is 26.8 Å². The van der Waals surface area contributed by atoms with Gasteiger partial charge < -0.3 is 35.8 Å². The molecule has 1 aromatic carbocycles. The van der Waals surface area contributed by atoms with Crippen LogP contribution in [0.15, 0.2) is 24.3 Å². The van der Waals surface area contributed by atoms with Crippen LogP contribution in [0.2, 0.25) is 0 Å². The maximum atomic E-state index is 14.1. The van der Waals surface area contributed by atoms with E-state index in [9.17, 15) is 29.1 Å². The molecule has 1 rings (SSSR count). The van der Waals surface area contributed by atoms with E-state index in [4.69, 9.17) is 10.5 Å². The van der Waals surface area contributed by atoms with Gasteiger partial charge >= 0.3 is 12.1 Å². The number of methoxy groups -OCH3 is 1. The zero-order valence-corrected chi connectivity index (χ0v) is 24.9. The molecule has 0 aliphatic heterocycles. The molecule has 0 radical (unpaired) electrons. The molecule has 0 saturated heterocycles. The first kappa shape index (κ1) is 35.2. The first-order chi connectivity index (χ1) is 19.3. The van der Waals surface area contributed by atoms with Gasteiger partial charge in [-0.2, -0.15) is 0 Å². The third-order valence-electron chi connectivity index (χ3n) is 6.08. The fourth-order valence-electron chi connectivity index (χ4n) is 4.12. The molecule has 5 N–H and O–H groups in total. The van der Waals surface area contributed by atoms with Crippen LogP contribution in [0.5, 0.6) is 5.75 Å². The van der Waals surface area contributed by atoms with Gasteiger partial charge in [0.2, 0.25) is 17.7 Å².